The van der Waals surface area contributed by atoms with Crippen LogP contribution >= 0.6 is 11.3 Å². The molecule has 0 saturated carbocycles. The van der Waals surface area contributed by atoms with E-state index in [4.69, 9.17) is 13.7 Å². The molecule has 0 amide bonds. The van der Waals surface area contributed by atoms with Crippen molar-refractivity contribution < 1.29 is 18.5 Å². The number of rotatable bonds is 4. The van der Waals surface area contributed by atoms with Crippen molar-refractivity contribution in [2.45, 2.75) is 13.5 Å². The average Bonchev–Trinajstić information content (AvgIpc) is 3.45. The Hall–Kier alpha value is -3.52. The molecule has 0 bridgehead atoms. The van der Waals surface area contributed by atoms with Crippen molar-refractivity contribution in [2.24, 2.45) is 0 Å². The van der Waals surface area contributed by atoms with Gasteiger partial charge in [-0.1, -0.05) is 17.3 Å². The van der Waals surface area contributed by atoms with Crippen molar-refractivity contribution in [3.05, 3.63) is 65.0 Å². The Morgan fingerprint density at radius 1 is 1.18 bits per heavy atom. The first-order valence-corrected chi connectivity index (χ1v) is 9.33. The summed E-state index contributed by atoms with van der Waals surface area (Å²) in [6.07, 6.45) is 1.54. The Kier molecular flexibility index (Phi) is 3.91. The van der Waals surface area contributed by atoms with E-state index in [0.717, 1.165) is 15.2 Å². The monoisotopic (exact) mass is 391 g/mol. The van der Waals surface area contributed by atoms with Gasteiger partial charge in [-0.05, 0) is 37.3 Å². The number of hydrogen-bond donors (Lipinski definition) is 0. The van der Waals surface area contributed by atoms with E-state index in [1.807, 2.05) is 24.3 Å². The summed E-state index contributed by atoms with van der Waals surface area (Å²) in [6, 6.07) is 12.9. The van der Waals surface area contributed by atoms with E-state index >= 15 is 0 Å². The molecule has 0 fully saturated rings. The lowest BCUT2D eigenvalue weighted by atomic mass is 10.1. The molecule has 8 heteroatoms. The number of fused-ring (bicyclic) bond motifs is 2. The second-order valence-electron chi connectivity index (χ2n) is 6.13. The normalized spacial score (nSPS) is 11.3. The number of carbonyl (C=O) groups is 1. The van der Waals surface area contributed by atoms with Crippen LogP contribution < -0.4 is 0 Å². The van der Waals surface area contributed by atoms with Gasteiger partial charge in [0.05, 0.1) is 33.1 Å². The molecule has 28 heavy (non-hydrogen) atoms. The third-order valence-electron chi connectivity index (χ3n) is 4.28. The number of ether oxygens (including phenoxy) is 1. The van der Waals surface area contributed by atoms with Crippen LogP contribution in [0.4, 0.5) is 0 Å². The summed E-state index contributed by atoms with van der Waals surface area (Å²) >= 11 is 1.50. The number of nitrogens with zero attached hydrogens (tertiary/aromatic N) is 3. The highest BCUT2D eigenvalue weighted by molar-refractivity contribution is 7.18. The molecule has 7 nitrogen and oxygen atoms in total. The van der Waals surface area contributed by atoms with Crippen molar-refractivity contribution in [1.29, 1.82) is 0 Å². The lowest BCUT2D eigenvalue weighted by Gasteiger charge is -2.05. The van der Waals surface area contributed by atoms with E-state index in [1.165, 1.54) is 17.6 Å². The summed E-state index contributed by atoms with van der Waals surface area (Å²) in [5, 5.41) is 5.18. The fourth-order valence-corrected chi connectivity index (χ4v) is 3.87. The van der Waals surface area contributed by atoms with E-state index < -0.39 is 5.97 Å². The molecular formula is C20H13N3O4S. The van der Waals surface area contributed by atoms with Crippen LogP contribution in [-0.2, 0) is 11.3 Å². The maximum Gasteiger partial charge on any atom is 0.339 e. The molecule has 0 spiro atoms. The first-order chi connectivity index (χ1) is 13.7. The molecule has 0 radical (unpaired) electrons. The van der Waals surface area contributed by atoms with Gasteiger partial charge in [0.15, 0.2) is 5.76 Å². The van der Waals surface area contributed by atoms with Gasteiger partial charge in [0.25, 0.3) is 5.71 Å². The molecule has 138 valence electrons. The number of aromatic nitrogens is 3. The summed E-state index contributed by atoms with van der Waals surface area (Å²) in [4.78, 5) is 21.7. The van der Waals surface area contributed by atoms with Crippen LogP contribution in [0.25, 0.3) is 32.8 Å². The molecule has 0 aliphatic carbocycles. The maximum atomic E-state index is 12.8. The smallest absolute Gasteiger partial charge is 0.339 e. The molecule has 0 unspecified atom stereocenters. The average molecular weight is 391 g/mol. The zero-order valence-corrected chi connectivity index (χ0v) is 15.5. The highest BCUT2D eigenvalue weighted by Gasteiger charge is 2.21. The fourth-order valence-electron chi connectivity index (χ4n) is 2.99. The van der Waals surface area contributed by atoms with Crippen LogP contribution in [0.3, 0.4) is 0 Å². The molecule has 1 aromatic carbocycles. The van der Waals surface area contributed by atoms with Crippen molar-refractivity contribution >= 4 is 38.6 Å². The summed E-state index contributed by atoms with van der Waals surface area (Å²) in [5.74, 6) is 0.0296. The summed E-state index contributed by atoms with van der Waals surface area (Å²) in [7, 11) is 0. The number of hydrogen-bond acceptors (Lipinski definition) is 8. The molecule has 4 heterocycles. The van der Waals surface area contributed by atoms with Gasteiger partial charge >= 0.3 is 5.97 Å². The Morgan fingerprint density at radius 3 is 2.89 bits per heavy atom. The Morgan fingerprint density at radius 2 is 2.07 bits per heavy atom. The molecule has 5 aromatic rings. The topological polar surface area (TPSA) is 91.2 Å². The van der Waals surface area contributed by atoms with Gasteiger partial charge in [0.2, 0.25) is 0 Å². The predicted molar refractivity (Wildman–Crippen MR) is 103 cm³/mol. The third-order valence-corrected chi connectivity index (χ3v) is 5.29. The van der Waals surface area contributed by atoms with Gasteiger partial charge < -0.3 is 13.7 Å². The number of para-hydroxylation sites is 1. The zero-order valence-electron chi connectivity index (χ0n) is 14.7. The predicted octanol–water partition coefficient (Wildman–Crippen LogP) is 4.76. The molecular weight excluding hydrogens is 378 g/mol. The van der Waals surface area contributed by atoms with Gasteiger partial charge in [-0.2, -0.15) is 0 Å². The molecule has 0 saturated heterocycles. The van der Waals surface area contributed by atoms with Crippen LogP contribution in [0.5, 0.6) is 0 Å². The van der Waals surface area contributed by atoms with E-state index in [1.54, 1.807) is 25.1 Å². The van der Waals surface area contributed by atoms with Crippen molar-refractivity contribution in [3.8, 4) is 11.5 Å². The largest absolute Gasteiger partial charge is 0.463 e. The number of thiazole rings is 1. The molecule has 0 atom stereocenters. The first-order valence-electron chi connectivity index (χ1n) is 8.51. The number of furan rings is 1. The van der Waals surface area contributed by atoms with Gasteiger partial charge in [-0.3, -0.25) is 0 Å². The lowest BCUT2D eigenvalue weighted by molar-refractivity contribution is 0.0475. The van der Waals surface area contributed by atoms with Crippen LogP contribution in [0.15, 0.2) is 57.7 Å². The summed E-state index contributed by atoms with van der Waals surface area (Å²) in [5.41, 5.74) is 2.52. The third kappa shape index (κ3) is 2.84. The molecule has 4 aromatic heterocycles. The quantitative estimate of drug-likeness (QED) is 0.408. The molecule has 5 rings (SSSR count). The van der Waals surface area contributed by atoms with Crippen molar-refractivity contribution in [3.63, 3.8) is 0 Å². The summed E-state index contributed by atoms with van der Waals surface area (Å²) in [6.45, 7) is 1.84. The van der Waals surface area contributed by atoms with Gasteiger partial charge in [0.1, 0.15) is 17.3 Å². The number of carbonyl (C=O) groups excluding carboxylic acids is 1. The van der Waals surface area contributed by atoms with E-state index in [9.17, 15) is 4.79 Å². The standard InChI is InChI=1S/C20H13N3O4S/c1-11-18-12(9-14(15-6-4-8-25-15)22-19(18)27-23-11)20(24)26-10-17-21-13-5-2-3-7-16(13)28-17/h2-9H,10H2,1H3. The number of pyridine rings is 1. The van der Waals surface area contributed by atoms with Crippen LogP contribution in [0, 0.1) is 6.92 Å². The van der Waals surface area contributed by atoms with E-state index in [0.29, 0.717) is 28.1 Å². The number of aryl methyl sites for hydroxylation is 1. The highest BCUT2D eigenvalue weighted by Crippen LogP contribution is 2.28. The van der Waals surface area contributed by atoms with Gasteiger partial charge in [0, 0.05) is 0 Å². The Bertz CT molecular complexity index is 1270. The molecule has 0 aliphatic heterocycles. The SMILES string of the molecule is Cc1noc2nc(-c3ccco3)cc(C(=O)OCc3nc4ccccc4s3)c12. The summed E-state index contributed by atoms with van der Waals surface area (Å²) < 4.78 is 17.2. The highest BCUT2D eigenvalue weighted by atomic mass is 32.1. The molecule has 0 N–H and O–H groups in total. The van der Waals surface area contributed by atoms with E-state index in [-0.39, 0.29) is 12.3 Å². The van der Waals surface area contributed by atoms with Gasteiger partial charge in [-0.25, -0.2) is 14.8 Å². The van der Waals surface area contributed by atoms with Crippen LogP contribution in [0.2, 0.25) is 0 Å². The minimum Gasteiger partial charge on any atom is -0.463 e. The zero-order chi connectivity index (χ0) is 19.1. The number of benzene rings is 1. The lowest BCUT2D eigenvalue weighted by Crippen LogP contribution is -2.07. The van der Waals surface area contributed by atoms with Crippen LogP contribution in [0.1, 0.15) is 21.1 Å². The van der Waals surface area contributed by atoms with Crippen molar-refractivity contribution in [2.75, 3.05) is 0 Å². The van der Waals surface area contributed by atoms with Gasteiger partial charge in [-0.15, -0.1) is 11.3 Å². The Labute approximate surface area is 162 Å². The maximum absolute atomic E-state index is 12.8. The Balaban J connectivity index is 1.48. The van der Waals surface area contributed by atoms with E-state index in [2.05, 4.69) is 15.1 Å². The first kappa shape index (κ1) is 16.6. The molecule has 0 aliphatic rings. The minimum atomic E-state index is -0.495. The number of esters is 1. The fraction of sp³-hybridized carbons (Fsp3) is 0.100. The second-order valence-corrected chi connectivity index (χ2v) is 7.25. The van der Waals surface area contributed by atoms with Crippen molar-refractivity contribution in [1.82, 2.24) is 15.1 Å². The minimum absolute atomic E-state index is 0.0857. The second kappa shape index (κ2) is 6.58. The van der Waals surface area contributed by atoms with Crippen LogP contribution in [-0.4, -0.2) is 21.1 Å².